The van der Waals surface area contributed by atoms with E-state index in [4.69, 9.17) is 0 Å². The van der Waals surface area contributed by atoms with Crippen molar-refractivity contribution in [1.82, 2.24) is 0 Å². The molecule has 0 aliphatic carbocycles. The van der Waals surface area contributed by atoms with Crippen molar-refractivity contribution in [3.8, 4) is 0 Å². The molecule has 110 valence electrons. The van der Waals surface area contributed by atoms with Gasteiger partial charge in [-0.05, 0) is 42.3 Å². The van der Waals surface area contributed by atoms with Gasteiger partial charge in [-0.15, -0.1) is 0 Å². The van der Waals surface area contributed by atoms with E-state index in [1.165, 1.54) is 5.56 Å². The number of amides is 1. The Bertz CT molecular complexity index is 596. The third kappa shape index (κ3) is 5.23. The van der Waals surface area contributed by atoms with Crippen LogP contribution < -0.4 is 10.6 Å². The van der Waals surface area contributed by atoms with Gasteiger partial charge in [0.25, 0.3) is 0 Å². The molecule has 0 atom stereocenters. The summed E-state index contributed by atoms with van der Waals surface area (Å²) in [5.74, 6) is 0.0155. The lowest BCUT2D eigenvalue weighted by atomic mass is 10.1. The molecule has 2 aromatic rings. The number of rotatable bonds is 6. The molecule has 0 fully saturated rings. The third-order valence-electron chi connectivity index (χ3n) is 3.15. The Morgan fingerprint density at radius 3 is 2.52 bits per heavy atom. The average Bonchev–Trinajstić information content (AvgIpc) is 2.48. The fraction of sp³-hybridized carbons (Fsp3) is 0.235. The van der Waals surface area contributed by atoms with Crippen molar-refractivity contribution < 1.29 is 4.79 Å². The minimum absolute atomic E-state index is 0.0155. The quantitative estimate of drug-likeness (QED) is 0.810. The van der Waals surface area contributed by atoms with Crippen molar-refractivity contribution in [1.29, 1.82) is 0 Å². The first kappa shape index (κ1) is 15.6. The van der Waals surface area contributed by atoms with Gasteiger partial charge in [-0.25, -0.2) is 0 Å². The summed E-state index contributed by atoms with van der Waals surface area (Å²) in [6.07, 6.45) is 1.44. The first-order chi connectivity index (χ1) is 10.2. The molecule has 0 spiro atoms. The van der Waals surface area contributed by atoms with E-state index in [-0.39, 0.29) is 5.91 Å². The third-order valence-corrected chi connectivity index (χ3v) is 3.64. The van der Waals surface area contributed by atoms with Crippen LogP contribution in [0.25, 0.3) is 0 Å². The molecule has 0 aliphatic heterocycles. The minimum Gasteiger partial charge on any atom is -0.384 e. The highest BCUT2D eigenvalue weighted by atomic mass is 79.9. The maximum absolute atomic E-state index is 11.9. The average molecular weight is 347 g/mol. The Morgan fingerprint density at radius 2 is 1.86 bits per heavy atom. The number of benzene rings is 2. The number of carbonyl (C=O) groups excluding carboxylic acids is 1. The molecule has 2 aromatic carbocycles. The SMILES string of the molecule is CCc1ccc(NC(=O)CCNc2cccc(Br)c2)cc1. The number of anilines is 2. The summed E-state index contributed by atoms with van der Waals surface area (Å²) in [5.41, 5.74) is 3.12. The zero-order valence-corrected chi connectivity index (χ0v) is 13.6. The summed E-state index contributed by atoms with van der Waals surface area (Å²) in [5, 5.41) is 6.13. The number of aryl methyl sites for hydroxylation is 1. The highest BCUT2D eigenvalue weighted by molar-refractivity contribution is 9.10. The summed E-state index contributed by atoms with van der Waals surface area (Å²) in [6, 6.07) is 15.9. The van der Waals surface area contributed by atoms with Gasteiger partial charge in [-0.3, -0.25) is 4.79 Å². The van der Waals surface area contributed by atoms with Crippen LogP contribution in [-0.2, 0) is 11.2 Å². The van der Waals surface area contributed by atoms with Crippen molar-refractivity contribution in [2.45, 2.75) is 19.8 Å². The van der Waals surface area contributed by atoms with Gasteiger partial charge >= 0.3 is 0 Å². The summed E-state index contributed by atoms with van der Waals surface area (Å²) < 4.78 is 1.02. The number of hydrogen-bond acceptors (Lipinski definition) is 2. The van der Waals surface area contributed by atoms with Crippen molar-refractivity contribution in [2.75, 3.05) is 17.2 Å². The van der Waals surface area contributed by atoms with E-state index < -0.39 is 0 Å². The highest BCUT2D eigenvalue weighted by Crippen LogP contribution is 2.15. The predicted molar refractivity (Wildman–Crippen MR) is 91.7 cm³/mol. The first-order valence-corrected chi connectivity index (χ1v) is 7.85. The Morgan fingerprint density at radius 1 is 1.10 bits per heavy atom. The number of hydrogen-bond donors (Lipinski definition) is 2. The lowest BCUT2D eigenvalue weighted by Crippen LogP contribution is -2.16. The Labute approximate surface area is 133 Å². The summed E-state index contributed by atoms with van der Waals surface area (Å²) in [6.45, 7) is 2.72. The molecular weight excluding hydrogens is 328 g/mol. The molecule has 0 heterocycles. The van der Waals surface area contributed by atoms with Crippen LogP contribution in [0.15, 0.2) is 53.0 Å². The topological polar surface area (TPSA) is 41.1 Å². The van der Waals surface area contributed by atoms with Crippen molar-refractivity contribution in [2.24, 2.45) is 0 Å². The molecule has 2 rings (SSSR count). The fourth-order valence-electron chi connectivity index (χ4n) is 1.97. The van der Waals surface area contributed by atoms with E-state index >= 15 is 0 Å². The van der Waals surface area contributed by atoms with Gasteiger partial charge in [0.2, 0.25) is 5.91 Å². The minimum atomic E-state index is 0.0155. The Hall–Kier alpha value is -1.81. The number of halogens is 1. The summed E-state index contributed by atoms with van der Waals surface area (Å²) in [4.78, 5) is 11.9. The fourth-order valence-corrected chi connectivity index (χ4v) is 2.37. The van der Waals surface area contributed by atoms with Crippen molar-refractivity contribution >= 4 is 33.2 Å². The second kappa shape index (κ2) is 7.84. The molecule has 0 unspecified atom stereocenters. The molecule has 2 N–H and O–H groups in total. The largest absolute Gasteiger partial charge is 0.384 e. The maximum Gasteiger partial charge on any atom is 0.226 e. The molecule has 0 radical (unpaired) electrons. The number of carbonyl (C=O) groups is 1. The zero-order chi connectivity index (χ0) is 15.1. The summed E-state index contributed by atoms with van der Waals surface area (Å²) in [7, 11) is 0. The van der Waals surface area contributed by atoms with E-state index in [2.05, 4.69) is 33.5 Å². The van der Waals surface area contributed by atoms with Gasteiger partial charge in [0.15, 0.2) is 0 Å². The first-order valence-electron chi connectivity index (χ1n) is 7.05. The van der Waals surface area contributed by atoms with Crippen LogP contribution in [-0.4, -0.2) is 12.5 Å². The molecule has 1 amide bonds. The van der Waals surface area contributed by atoms with Gasteiger partial charge in [0, 0.05) is 28.8 Å². The zero-order valence-electron chi connectivity index (χ0n) is 12.0. The van der Waals surface area contributed by atoms with Gasteiger partial charge in [0.05, 0.1) is 0 Å². The predicted octanol–water partition coefficient (Wildman–Crippen LogP) is 4.45. The number of nitrogens with one attached hydrogen (secondary N) is 2. The van der Waals surface area contributed by atoms with Crippen molar-refractivity contribution in [3.63, 3.8) is 0 Å². The molecule has 0 saturated carbocycles. The van der Waals surface area contributed by atoms with Crippen LogP contribution in [0.5, 0.6) is 0 Å². The molecule has 0 saturated heterocycles. The van der Waals surface area contributed by atoms with Crippen LogP contribution in [0.2, 0.25) is 0 Å². The molecule has 0 bridgehead atoms. The van der Waals surface area contributed by atoms with Crippen LogP contribution in [0, 0.1) is 0 Å². The van der Waals surface area contributed by atoms with Gasteiger partial charge in [0.1, 0.15) is 0 Å². The lowest BCUT2D eigenvalue weighted by Gasteiger charge is -2.08. The van der Waals surface area contributed by atoms with Crippen molar-refractivity contribution in [3.05, 3.63) is 58.6 Å². The second-order valence-electron chi connectivity index (χ2n) is 4.79. The normalized spacial score (nSPS) is 10.2. The van der Waals surface area contributed by atoms with E-state index in [1.807, 2.05) is 48.5 Å². The molecule has 4 heteroatoms. The molecule has 0 aliphatic rings. The van der Waals surface area contributed by atoms with Crippen LogP contribution in [0.1, 0.15) is 18.9 Å². The van der Waals surface area contributed by atoms with E-state index in [0.29, 0.717) is 13.0 Å². The van der Waals surface area contributed by atoms with Gasteiger partial charge in [-0.1, -0.05) is 41.1 Å². The maximum atomic E-state index is 11.9. The van der Waals surface area contributed by atoms with E-state index in [9.17, 15) is 4.79 Å². The van der Waals surface area contributed by atoms with Gasteiger partial charge < -0.3 is 10.6 Å². The van der Waals surface area contributed by atoms with Crippen LogP contribution in [0.3, 0.4) is 0 Å². The van der Waals surface area contributed by atoms with Gasteiger partial charge in [-0.2, -0.15) is 0 Å². The lowest BCUT2D eigenvalue weighted by molar-refractivity contribution is -0.115. The highest BCUT2D eigenvalue weighted by Gasteiger charge is 2.02. The summed E-state index contributed by atoms with van der Waals surface area (Å²) >= 11 is 3.42. The Kier molecular flexibility index (Phi) is 5.81. The monoisotopic (exact) mass is 346 g/mol. The standard InChI is InChI=1S/C17H19BrN2O/c1-2-13-6-8-15(9-7-13)20-17(21)10-11-19-16-5-3-4-14(18)12-16/h3-9,12,19H,2,10-11H2,1H3,(H,20,21). The van der Waals surface area contributed by atoms with Crippen LogP contribution >= 0.6 is 15.9 Å². The second-order valence-corrected chi connectivity index (χ2v) is 5.70. The molecule has 3 nitrogen and oxygen atoms in total. The van der Waals surface area contributed by atoms with E-state index in [1.54, 1.807) is 0 Å². The van der Waals surface area contributed by atoms with Crippen LogP contribution in [0.4, 0.5) is 11.4 Å². The Balaban J connectivity index is 1.76. The molecule has 21 heavy (non-hydrogen) atoms. The van der Waals surface area contributed by atoms with E-state index in [0.717, 1.165) is 22.3 Å². The smallest absolute Gasteiger partial charge is 0.226 e. The molecular formula is C17H19BrN2O. The molecule has 0 aromatic heterocycles.